The number of amides is 1. The van der Waals surface area contributed by atoms with Crippen LogP contribution in [0.15, 0.2) is 41.1 Å². The van der Waals surface area contributed by atoms with Crippen molar-refractivity contribution in [3.05, 3.63) is 70.7 Å². The predicted molar refractivity (Wildman–Crippen MR) is 114 cm³/mol. The SMILES string of the molecule is Cc1ccc(C(C)CCN2CCc3c(c(C(=O)NCc4cccnc4)nn3C)C2)o1. The van der Waals surface area contributed by atoms with E-state index in [1.807, 2.05) is 36.9 Å². The van der Waals surface area contributed by atoms with Crippen molar-refractivity contribution in [2.24, 2.45) is 7.05 Å². The molecule has 0 saturated heterocycles. The molecule has 1 amide bonds. The van der Waals surface area contributed by atoms with Gasteiger partial charge in [-0.05, 0) is 43.7 Å². The highest BCUT2D eigenvalue weighted by atomic mass is 16.3. The normalized spacial score (nSPS) is 15.0. The molecule has 0 aromatic carbocycles. The third kappa shape index (κ3) is 4.46. The minimum absolute atomic E-state index is 0.128. The largest absolute Gasteiger partial charge is 0.466 e. The lowest BCUT2D eigenvalue weighted by molar-refractivity contribution is 0.0943. The van der Waals surface area contributed by atoms with Crippen LogP contribution in [0.1, 0.15) is 58.1 Å². The average Bonchev–Trinajstić information content (AvgIpc) is 3.34. The van der Waals surface area contributed by atoms with Gasteiger partial charge in [0.05, 0.1) is 0 Å². The summed E-state index contributed by atoms with van der Waals surface area (Å²) in [5.41, 5.74) is 3.72. The molecule has 7 nitrogen and oxygen atoms in total. The summed E-state index contributed by atoms with van der Waals surface area (Å²) in [5.74, 6) is 2.24. The first-order valence-corrected chi connectivity index (χ1v) is 10.5. The van der Waals surface area contributed by atoms with Crippen molar-refractivity contribution in [1.29, 1.82) is 0 Å². The summed E-state index contributed by atoms with van der Waals surface area (Å²) in [7, 11) is 1.92. The fraction of sp³-hybridized carbons (Fsp3) is 0.435. The molecule has 1 atom stereocenters. The van der Waals surface area contributed by atoms with E-state index in [9.17, 15) is 4.79 Å². The molecule has 4 rings (SSSR count). The summed E-state index contributed by atoms with van der Waals surface area (Å²) in [6.07, 6.45) is 5.41. The summed E-state index contributed by atoms with van der Waals surface area (Å²) >= 11 is 0. The van der Waals surface area contributed by atoms with Crippen molar-refractivity contribution in [2.45, 2.75) is 45.7 Å². The number of nitrogens with zero attached hydrogens (tertiary/aromatic N) is 4. The zero-order chi connectivity index (χ0) is 21.1. The number of fused-ring (bicyclic) bond motifs is 1. The molecule has 1 aliphatic heterocycles. The Morgan fingerprint density at radius 1 is 1.33 bits per heavy atom. The average molecular weight is 408 g/mol. The molecule has 0 bridgehead atoms. The van der Waals surface area contributed by atoms with Crippen molar-refractivity contribution >= 4 is 5.91 Å². The third-order valence-electron chi connectivity index (χ3n) is 5.84. The molecule has 7 heteroatoms. The maximum absolute atomic E-state index is 12.8. The van der Waals surface area contributed by atoms with Gasteiger partial charge < -0.3 is 9.73 Å². The van der Waals surface area contributed by atoms with Crippen LogP contribution < -0.4 is 5.32 Å². The topological polar surface area (TPSA) is 76.2 Å². The fourth-order valence-corrected chi connectivity index (χ4v) is 4.03. The summed E-state index contributed by atoms with van der Waals surface area (Å²) in [6, 6.07) is 7.91. The Bertz CT molecular complexity index is 1010. The lowest BCUT2D eigenvalue weighted by atomic mass is 10.0. The lowest BCUT2D eigenvalue weighted by Gasteiger charge is -2.28. The number of nitrogens with one attached hydrogen (secondary N) is 1. The number of pyridine rings is 1. The Morgan fingerprint density at radius 3 is 2.93 bits per heavy atom. The molecular weight excluding hydrogens is 378 g/mol. The number of aromatic nitrogens is 3. The molecule has 30 heavy (non-hydrogen) atoms. The smallest absolute Gasteiger partial charge is 0.272 e. The van der Waals surface area contributed by atoms with Crippen molar-refractivity contribution < 1.29 is 9.21 Å². The van der Waals surface area contributed by atoms with Crippen LogP contribution >= 0.6 is 0 Å². The molecule has 4 heterocycles. The van der Waals surface area contributed by atoms with Crippen molar-refractivity contribution in [1.82, 2.24) is 25.0 Å². The van der Waals surface area contributed by atoms with Crippen LogP contribution in [0.3, 0.4) is 0 Å². The molecule has 3 aromatic rings. The second kappa shape index (κ2) is 8.83. The number of carbonyl (C=O) groups excluding carboxylic acids is 1. The summed E-state index contributed by atoms with van der Waals surface area (Å²) in [5, 5.41) is 7.51. The van der Waals surface area contributed by atoms with Crippen molar-refractivity contribution in [3.63, 3.8) is 0 Å². The third-order valence-corrected chi connectivity index (χ3v) is 5.84. The van der Waals surface area contributed by atoms with Gasteiger partial charge in [0.1, 0.15) is 11.5 Å². The Hall–Kier alpha value is -2.93. The molecule has 0 fully saturated rings. The number of furan rings is 1. The van der Waals surface area contributed by atoms with Gasteiger partial charge in [0, 0.05) is 62.7 Å². The molecule has 0 radical (unpaired) electrons. The van der Waals surface area contributed by atoms with Gasteiger partial charge in [-0.1, -0.05) is 13.0 Å². The van der Waals surface area contributed by atoms with E-state index >= 15 is 0 Å². The van der Waals surface area contributed by atoms with Gasteiger partial charge in [0.15, 0.2) is 5.69 Å². The first kappa shape index (κ1) is 20.3. The Kier molecular flexibility index (Phi) is 5.99. The minimum atomic E-state index is -0.128. The highest BCUT2D eigenvalue weighted by Crippen LogP contribution is 2.25. The highest BCUT2D eigenvalue weighted by Gasteiger charge is 2.27. The Morgan fingerprint density at radius 2 is 2.20 bits per heavy atom. The van der Waals surface area contributed by atoms with E-state index in [2.05, 4.69) is 33.3 Å². The molecule has 0 saturated carbocycles. The van der Waals surface area contributed by atoms with Crippen molar-refractivity contribution in [3.8, 4) is 0 Å². The Balaban J connectivity index is 1.39. The molecule has 0 spiro atoms. The monoisotopic (exact) mass is 407 g/mol. The van der Waals surface area contributed by atoms with E-state index in [1.165, 1.54) is 0 Å². The van der Waals surface area contributed by atoms with Gasteiger partial charge >= 0.3 is 0 Å². The van der Waals surface area contributed by atoms with Gasteiger partial charge in [-0.2, -0.15) is 5.10 Å². The van der Waals surface area contributed by atoms with E-state index in [0.717, 1.165) is 60.8 Å². The highest BCUT2D eigenvalue weighted by molar-refractivity contribution is 5.94. The lowest BCUT2D eigenvalue weighted by Crippen LogP contribution is -2.33. The summed E-state index contributed by atoms with van der Waals surface area (Å²) < 4.78 is 7.63. The van der Waals surface area contributed by atoms with Crippen LogP contribution in [0, 0.1) is 6.92 Å². The number of rotatable bonds is 7. The Labute approximate surface area is 177 Å². The number of carbonyl (C=O) groups is 1. The van der Waals surface area contributed by atoms with Crippen LogP contribution in [-0.2, 0) is 26.6 Å². The van der Waals surface area contributed by atoms with E-state index in [1.54, 1.807) is 12.4 Å². The maximum Gasteiger partial charge on any atom is 0.272 e. The fourth-order valence-electron chi connectivity index (χ4n) is 4.03. The quantitative estimate of drug-likeness (QED) is 0.651. The second-order valence-electron chi connectivity index (χ2n) is 8.11. The molecular formula is C23H29N5O2. The molecule has 1 aliphatic rings. The van der Waals surface area contributed by atoms with Crippen LogP contribution in [0.25, 0.3) is 0 Å². The van der Waals surface area contributed by atoms with Gasteiger partial charge in [0.25, 0.3) is 5.91 Å². The van der Waals surface area contributed by atoms with E-state index < -0.39 is 0 Å². The predicted octanol–water partition coefficient (Wildman–Crippen LogP) is 3.20. The zero-order valence-corrected chi connectivity index (χ0v) is 17.9. The van der Waals surface area contributed by atoms with Crippen LogP contribution in [0.2, 0.25) is 0 Å². The molecule has 1 N–H and O–H groups in total. The van der Waals surface area contributed by atoms with Gasteiger partial charge in [-0.25, -0.2) is 0 Å². The first-order chi connectivity index (χ1) is 14.5. The number of hydrogen-bond acceptors (Lipinski definition) is 5. The second-order valence-corrected chi connectivity index (χ2v) is 8.11. The standard InChI is InChI=1S/C23H29N5O2/c1-16(21-7-6-17(2)30-21)8-11-28-12-9-20-19(15-28)22(26-27(20)3)23(29)25-14-18-5-4-10-24-13-18/h4-7,10,13,16H,8-9,11-12,14-15H2,1-3H3,(H,25,29). The van der Waals surface area contributed by atoms with Gasteiger partial charge in [0.2, 0.25) is 0 Å². The number of hydrogen-bond donors (Lipinski definition) is 1. The van der Waals surface area contributed by atoms with Crippen molar-refractivity contribution in [2.75, 3.05) is 13.1 Å². The summed E-state index contributed by atoms with van der Waals surface area (Å²) in [4.78, 5) is 19.3. The molecule has 158 valence electrons. The van der Waals surface area contributed by atoms with Crippen LogP contribution in [-0.4, -0.2) is 38.7 Å². The van der Waals surface area contributed by atoms with Gasteiger partial charge in [-0.3, -0.25) is 19.4 Å². The maximum atomic E-state index is 12.8. The molecule has 3 aromatic heterocycles. The molecule has 1 unspecified atom stereocenters. The van der Waals surface area contributed by atoms with Crippen LogP contribution in [0.4, 0.5) is 0 Å². The minimum Gasteiger partial charge on any atom is -0.466 e. The van der Waals surface area contributed by atoms with E-state index in [4.69, 9.17) is 4.42 Å². The zero-order valence-electron chi connectivity index (χ0n) is 17.9. The van der Waals surface area contributed by atoms with Gasteiger partial charge in [-0.15, -0.1) is 0 Å². The first-order valence-electron chi connectivity index (χ1n) is 10.5. The van der Waals surface area contributed by atoms with E-state index in [-0.39, 0.29) is 5.91 Å². The molecule has 0 aliphatic carbocycles. The number of aryl methyl sites for hydroxylation is 2. The van der Waals surface area contributed by atoms with E-state index in [0.29, 0.717) is 18.2 Å². The summed E-state index contributed by atoms with van der Waals surface area (Å²) in [6.45, 7) is 7.32. The van der Waals surface area contributed by atoms with Crippen LogP contribution in [0.5, 0.6) is 0 Å².